The monoisotopic (exact) mass is 292 g/mol. The molecule has 0 saturated carbocycles. The van der Waals surface area contributed by atoms with Gasteiger partial charge in [-0.3, -0.25) is 15.1 Å². The third-order valence-corrected chi connectivity index (χ3v) is 2.66. The summed E-state index contributed by atoms with van der Waals surface area (Å²) in [6.45, 7) is 1.62. The molecule has 0 aliphatic heterocycles. The fraction of sp³-hybridized carbons (Fsp3) is 0.0769. The Balaban J connectivity index is 2.50. The van der Waals surface area contributed by atoms with Gasteiger partial charge in [-0.1, -0.05) is 0 Å². The largest absolute Gasteiger partial charge is 0.477 e. The number of aryl methyl sites for hydroxylation is 1. The summed E-state index contributed by atoms with van der Waals surface area (Å²) in [5.74, 6) is -2.78. The minimum absolute atomic E-state index is 0.224. The number of nitro benzene ring substituents is 1. The molecule has 0 radical (unpaired) electrons. The first-order valence-corrected chi connectivity index (χ1v) is 5.71. The molecule has 0 fully saturated rings. The number of aromatic carboxylic acids is 1. The van der Waals surface area contributed by atoms with E-state index in [-0.39, 0.29) is 5.75 Å². The van der Waals surface area contributed by atoms with Crippen LogP contribution < -0.4 is 4.74 Å². The van der Waals surface area contributed by atoms with Crippen molar-refractivity contribution in [2.24, 2.45) is 0 Å². The number of carboxylic acids is 1. The van der Waals surface area contributed by atoms with Gasteiger partial charge < -0.3 is 9.84 Å². The lowest BCUT2D eigenvalue weighted by Gasteiger charge is -2.09. The molecule has 0 saturated heterocycles. The van der Waals surface area contributed by atoms with Crippen LogP contribution in [-0.4, -0.2) is 21.0 Å². The molecule has 0 amide bonds. The van der Waals surface area contributed by atoms with Crippen molar-refractivity contribution < 1.29 is 24.0 Å². The predicted molar refractivity (Wildman–Crippen MR) is 69.1 cm³/mol. The number of hydrogen-bond acceptors (Lipinski definition) is 5. The standard InChI is InChI=1S/C13H9FN2O5/c1-7-11(3-2-4-15-7)21-12-5-8(13(17)18)10(16(19)20)6-9(12)14/h2-6H,1H3,(H,17,18). The van der Waals surface area contributed by atoms with Crippen LogP contribution in [0.15, 0.2) is 30.5 Å². The second-order valence-electron chi connectivity index (χ2n) is 4.05. The molecule has 0 aliphatic carbocycles. The van der Waals surface area contributed by atoms with Gasteiger partial charge in [0.05, 0.1) is 16.7 Å². The zero-order valence-electron chi connectivity index (χ0n) is 10.7. The highest BCUT2D eigenvalue weighted by Crippen LogP contribution is 2.31. The van der Waals surface area contributed by atoms with Gasteiger partial charge in [-0.05, 0) is 19.1 Å². The quantitative estimate of drug-likeness (QED) is 0.686. The molecule has 0 bridgehead atoms. The van der Waals surface area contributed by atoms with Gasteiger partial charge in [0.15, 0.2) is 11.6 Å². The van der Waals surface area contributed by atoms with Crippen molar-refractivity contribution in [3.8, 4) is 11.5 Å². The van der Waals surface area contributed by atoms with Crippen LogP contribution >= 0.6 is 0 Å². The number of ether oxygens (including phenoxy) is 1. The van der Waals surface area contributed by atoms with Gasteiger partial charge in [-0.15, -0.1) is 0 Å². The van der Waals surface area contributed by atoms with Crippen molar-refractivity contribution >= 4 is 11.7 Å². The first-order valence-electron chi connectivity index (χ1n) is 5.71. The molecule has 1 N–H and O–H groups in total. The van der Waals surface area contributed by atoms with Gasteiger partial charge in [0.25, 0.3) is 5.69 Å². The minimum Gasteiger partial charge on any atom is -0.477 e. The Morgan fingerprint density at radius 1 is 1.43 bits per heavy atom. The number of carbonyl (C=O) groups is 1. The molecule has 1 aromatic heterocycles. The summed E-state index contributed by atoms with van der Waals surface area (Å²) in [5.41, 5.74) is -1.03. The molecular weight excluding hydrogens is 283 g/mol. The smallest absolute Gasteiger partial charge is 0.342 e. The van der Waals surface area contributed by atoms with Crippen LogP contribution in [0.25, 0.3) is 0 Å². The third-order valence-electron chi connectivity index (χ3n) is 2.66. The first kappa shape index (κ1) is 14.4. The molecule has 2 rings (SSSR count). The molecule has 21 heavy (non-hydrogen) atoms. The number of pyridine rings is 1. The van der Waals surface area contributed by atoms with Gasteiger partial charge in [-0.25, -0.2) is 9.18 Å². The Bertz CT molecular complexity index is 732. The van der Waals surface area contributed by atoms with Crippen LogP contribution in [0.2, 0.25) is 0 Å². The van der Waals surface area contributed by atoms with E-state index in [1.54, 1.807) is 13.0 Å². The summed E-state index contributed by atoms with van der Waals surface area (Å²) in [6, 6.07) is 4.38. The van der Waals surface area contributed by atoms with Crippen molar-refractivity contribution in [3.63, 3.8) is 0 Å². The predicted octanol–water partition coefficient (Wildman–Crippen LogP) is 2.93. The van der Waals surface area contributed by atoms with Crippen LogP contribution in [0, 0.1) is 22.9 Å². The summed E-state index contributed by atoms with van der Waals surface area (Å²) < 4.78 is 19.1. The number of carboxylic acid groups (broad SMARTS) is 1. The van der Waals surface area contributed by atoms with Crippen LogP contribution in [0.1, 0.15) is 16.1 Å². The third kappa shape index (κ3) is 2.94. The summed E-state index contributed by atoms with van der Waals surface area (Å²) in [4.78, 5) is 24.7. The lowest BCUT2D eigenvalue weighted by molar-refractivity contribution is -0.385. The second-order valence-corrected chi connectivity index (χ2v) is 4.05. The Labute approximate surface area is 117 Å². The van der Waals surface area contributed by atoms with E-state index in [4.69, 9.17) is 9.84 Å². The van der Waals surface area contributed by atoms with E-state index in [0.717, 1.165) is 6.07 Å². The van der Waals surface area contributed by atoms with Gasteiger partial charge in [0.2, 0.25) is 0 Å². The number of rotatable bonds is 4. The number of hydrogen-bond donors (Lipinski definition) is 1. The molecule has 0 spiro atoms. The number of aromatic nitrogens is 1. The maximum Gasteiger partial charge on any atom is 0.342 e. The Hall–Kier alpha value is -3.03. The SMILES string of the molecule is Cc1ncccc1Oc1cc(C(=O)O)c([N+](=O)[O-])cc1F. The molecule has 108 valence electrons. The summed E-state index contributed by atoms with van der Waals surface area (Å²) in [5, 5.41) is 19.7. The first-order chi connectivity index (χ1) is 9.90. The Morgan fingerprint density at radius 2 is 2.14 bits per heavy atom. The van der Waals surface area contributed by atoms with E-state index in [2.05, 4.69) is 4.98 Å². The topological polar surface area (TPSA) is 103 Å². The molecule has 0 aliphatic rings. The van der Waals surface area contributed by atoms with E-state index < -0.39 is 33.7 Å². The van der Waals surface area contributed by atoms with Gasteiger partial charge in [-0.2, -0.15) is 0 Å². The fourth-order valence-electron chi connectivity index (χ4n) is 1.64. The van der Waals surface area contributed by atoms with E-state index in [0.29, 0.717) is 11.8 Å². The molecule has 1 heterocycles. The average Bonchev–Trinajstić information content (AvgIpc) is 2.42. The van der Waals surface area contributed by atoms with Crippen LogP contribution in [-0.2, 0) is 0 Å². The van der Waals surface area contributed by atoms with E-state index >= 15 is 0 Å². The second kappa shape index (κ2) is 5.53. The average molecular weight is 292 g/mol. The lowest BCUT2D eigenvalue weighted by Crippen LogP contribution is -2.04. The highest BCUT2D eigenvalue weighted by atomic mass is 19.1. The molecule has 8 heteroatoms. The van der Waals surface area contributed by atoms with Crippen molar-refractivity contribution in [1.29, 1.82) is 0 Å². The molecule has 7 nitrogen and oxygen atoms in total. The molecule has 2 aromatic rings. The van der Waals surface area contributed by atoms with Crippen molar-refractivity contribution in [1.82, 2.24) is 4.98 Å². The maximum absolute atomic E-state index is 13.8. The summed E-state index contributed by atoms with van der Waals surface area (Å²) in [6.07, 6.45) is 1.51. The fourth-order valence-corrected chi connectivity index (χ4v) is 1.64. The lowest BCUT2D eigenvalue weighted by atomic mass is 10.1. The van der Waals surface area contributed by atoms with Gasteiger partial charge >= 0.3 is 5.97 Å². The zero-order valence-corrected chi connectivity index (χ0v) is 10.7. The minimum atomic E-state index is -1.55. The summed E-state index contributed by atoms with van der Waals surface area (Å²) >= 11 is 0. The Kier molecular flexibility index (Phi) is 3.79. The van der Waals surface area contributed by atoms with Gasteiger partial charge in [0, 0.05) is 12.3 Å². The molecule has 0 atom stereocenters. The zero-order chi connectivity index (χ0) is 15.6. The number of nitrogens with zero attached hydrogens (tertiary/aromatic N) is 2. The van der Waals surface area contributed by atoms with E-state index in [1.807, 2.05) is 0 Å². The van der Waals surface area contributed by atoms with Crippen LogP contribution in [0.3, 0.4) is 0 Å². The number of halogens is 1. The Morgan fingerprint density at radius 3 is 2.71 bits per heavy atom. The van der Waals surface area contributed by atoms with E-state index in [9.17, 15) is 19.3 Å². The van der Waals surface area contributed by atoms with Crippen molar-refractivity contribution in [2.45, 2.75) is 6.92 Å². The molecule has 1 aromatic carbocycles. The summed E-state index contributed by atoms with van der Waals surface area (Å²) in [7, 11) is 0. The van der Waals surface area contributed by atoms with Gasteiger partial charge in [0.1, 0.15) is 11.3 Å². The maximum atomic E-state index is 13.8. The van der Waals surface area contributed by atoms with Crippen molar-refractivity contribution in [2.75, 3.05) is 0 Å². The number of benzene rings is 1. The number of nitro groups is 1. The van der Waals surface area contributed by atoms with Crippen LogP contribution in [0.5, 0.6) is 11.5 Å². The van der Waals surface area contributed by atoms with Crippen LogP contribution in [0.4, 0.5) is 10.1 Å². The normalized spacial score (nSPS) is 10.2. The van der Waals surface area contributed by atoms with E-state index in [1.165, 1.54) is 12.3 Å². The highest BCUT2D eigenvalue weighted by molar-refractivity contribution is 5.92. The van der Waals surface area contributed by atoms with Crippen molar-refractivity contribution in [3.05, 3.63) is 57.7 Å². The molecular formula is C13H9FN2O5. The highest BCUT2D eigenvalue weighted by Gasteiger charge is 2.24. The molecule has 0 unspecified atom stereocenters.